The van der Waals surface area contributed by atoms with Crippen molar-refractivity contribution in [3.8, 4) is 5.75 Å². The first-order valence-electron chi connectivity index (χ1n) is 10.5. The molecule has 0 aliphatic rings. The summed E-state index contributed by atoms with van der Waals surface area (Å²) in [6, 6.07) is 12.4. The molecular formula is C23H25N5O6S. The molecule has 0 radical (unpaired) electrons. The van der Waals surface area contributed by atoms with Crippen molar-refractivity contribution in [3.63, 3.8) is 0 Å². The summed E-state index contributed by atoms with van der Waals surface area (Å²) in [6.45, 7) is 1.20. The Bertz CT molecular complexity index is 1300. The van der Waals surface area contributed by atoms with E-state index in [-0.39, 0.29) is 36.1 Å². The molecule has 2 aromatic carbocycles. The fourth-order valence-electron chi connectivity index (χ4n) is 3.01. The summed E-state index contributed by atoms with van der Waals surface area (Å²) in [6.07, 6.45) is 2.76. The summed E-state index contributed by atoms with van der Waals surface area (Å²) >= 11 is 0. The highest BCUT2D eigenvalue weighted by atomic mass is 32.2. The molecule has 0 atom stereocenters. The van der Waals surface area contributed by atoms with Crippen LogP contribution in [0.1, 0.15) is 23.7 Å². The van der Waals surface area contributed by atoms with Crippen LogP contribution >= 0.6 is 0 Å². The van der Waals surface area contributed by atoms with Gasteiger partial charge in [0.05, 0.1) is 23.9 Å². The van der Waals surface area contributed by atoms with Crippen LogP contribution in [0.2, 0.25) is 0 Å². The Hall–Kier alpha value is -4.03. The van der Waals surface area contributed by atoms with Gasteiger partial charge in [0.25, 0.3) is 0 Å². The lowest BCUT2D eigenvalue weighted by Crippen LogP contribution is -2.27. The maximum Gasteiger partial charge on any atom is 0.246 e. The van der Waals surface area contributed by atoms with Gasteiger partial charge >= 0.3 is 0 Å². The summed E-state index contributed by atoms with van der Waals surface area (Å²) in [5.74, 6) is -0.227. The van der Waals surface area contributed by atoms with Crippen molar-refractivity contribution in [2.75, 3.05) is 24.3 Å². The molecular weight excluding hydrogens is 474 g/mol. The highest BCUT2D eigenvalue weighted by molar-refractivity contribution is 7.89. The van der Waals surface area contributed by atoms with Gasteiger partial charge < -0.3 is 15.4 Å². The number of hydrogen-bond acceptors (Lipinski definition) is 7. The Kier molecular flexibility index (Phi) is 8.34. The molecule has 11 nitrogen and oxygen atoms in total. The maximum atomic E-state index is 12.3. The molecule has 0 bridgehead atoms. The van der Waals surface area contributed by atoms with Gasteiger partial charge in [0.1, 0.15) is 12.3 Å². The highest BCUT2D eigenvalue weighted by Gasteiger charge is 2.15. The lowest BCUT2D eigenvalue weighted by atomic mass is 10.2. The summed E-state index contributed by atoms with van der Waals surface area (Å²) in [5.41, 5.74) is 1.38. The van der Waals surface area contributed by atoms with Crippen LogP contribution in [0.15, 0.2) is 65.8 Å². The predicted molar refractivity (Wildman–Crippen MR) is 129 cm³/mol. The van der Waals surface area contributed by atoms with E-state index in [0.29, 0.717) is 22.7 Å². The number of methoxy groups -OCH3 is 1. The molecule has 0 spiro atoms. The van der Waals surface area contributed by atoms with Crippen LogP contribution < -0.4 is 20.1 Å². The number of sulfonamides is 1. The number of carbonyl (C=O) groups excluding carboxylic acids is 3. The van der Waals surface area contributed by atoms with Crippen molar-refractivity contribution in [1.82, 2.24) is 14.5 Å². The monoisotopic (exact) mass is 499 g/mol. The fourth-order valence-corrected chi connectivity index (χ4v) is 4.04. The minimum atomic E-state index is -3.82. The number of nitrogens with one attached hydrogen (secondary N) is 3. The van der Waals surface area contributed by atoms with Gasteiger partial charge in [-0.3, -0.25) is 19.1 Å². The van der Waals surface area contributed by atoms with E-state index in [1.54, 1.807) is 31.4 Å². The lowest BCUT2D eigenvalue weighted by Gasteiger charge is -2.07. The van der Waals surface area contributed by atoms with Crippen molar-refractivity contribution in [2.24, 2.45) is 0 Å². The number of amides is 2. The molecule has 0 unspecified atom stereocenters. The van der Waals surface area contributed by atoms with Crippen molar-refractivity contribution in [3.05, 3.63) is 66.5 Å². The molecule has 3 N–H and O–H groups in total. The van der Waals surface area contributed by atoms with Gasteiger partial charge in [0.15, 0.2) is 5.78 Å². The molecule has 0 saturated carbocycles. The largest absolute Gasteiger partial charge is 0.497 e. The van der Waals surface area contributed by atoms with E-state index >= 15 is 0 Å². The normalized spacial score (nSPS) is 11.0. The molecule has 0 fully saturated rings. The van der Waals surface area contributed by atoms with Crippen LogP contribution in [-0.2, 0) is 26.2 Å². The first-order valence-corrected chi connectivity index (χ1v) is 12.0. The van der Waals surface area contributed by atoms with Gasteiger partial charge in [-0.25, -0.2) is 13.1 Å². The van der Waals surface area contributed by atoms with Gasteiger partial charge in [-0.15, -0.1) is 0 Å². The zero-order chi connectivity index (χ0) is 25.4. The molecule has 3 rings (SSSR count). The second-order valence-electron chi connectivity index (χ2n) is 7.48. The minimum absolute atomic E-state index is 0.00268. The quantitative estimate of drug-likeness (QED) is 0.342. The molecule has 12 heteroatoms. The first kappa shape index (κ1) is 25.6. The molecule has 1 aromatic heterocycles. The molecule has 184 valence electrons. The molecule has 1 heterocycles. The summed E-state index contributed by atoms with van der Waals surface area (Å²) in [7, 11) is -2.27. The second kappa shape index (κ2) is 11.4. The average Bonchev–Trinajstić information content (AvgIpc) is 3.25. The second-order valence-corrected chi connectivity index (χ2v) is 9.25. The van der Waals surface area contributed by atoms with Crippen LogP contribution in [0.3, 0.4) is 0 Å². The Morgan fingerprint density at radius 1 is 0.943 bits per heavy atom. The van der Waals surface area contributed by atoms with Crippen molar-refractivity contribution in [2.45, 2.75) is 24.8 Å². The van der Waals surface area contributed by atoms with Crippen molar-refractivity contribution < 1.29 is 27.5 Å². The van der Waals surface area contributed by atoms with Crippen LogP contribution in [-0.4, -0.2) is 49.5 Å². The number of rotatable bonds is 11. The minimum Gasteiger partial charge on any atom is -0.497 e. The van der Waals surface area contributed by atoms with Gasteiger partial charge in [-0.1, -0.05) is 12.1 Å². The Morgan fingerprint density at radius 3 is 2.23 bits per heavy atom. The third kappa shape index (κ3) is 7.48. The number of hydrogen-bond donors (Lipinski definition) is 3. The molecule has 0 saturated heterocycles. The topological polar surface area (TPSA) is 148 Å². The Morgan fingerprint density at radius 2 is 1.60 bits per heavy atom. The number of aromatic nitrogens is 2. The molecule has 0 aliphatic heterocycles. The van der Waals surface area contributed by atoms with Gasteiger partial charge in [-0.05, 0) is 43.3 Å². The van der Waals surface area contributed by atoms with Gasteiger partial charge in [0, 0.05) is 30.4 Å². The van der Waals surface area contributed by atoms with Crippen LogP contribution in [0.5, 0.6) is 5.75 Å². The molecule has 3 aromatic rings. The SMILES string of the molecule is COc1ccc(NC(=O)Cn2cc(NC(=O)CCNS(=O)(=O)c3ccc(C(C)=O)cc3)cn2)cc1. The number of nitrogens with zero attached hydrogens (tertiary/aromatic N) is 2. The lowest BCUT2D eigenvalue weighted by molar-refractivity contribution is -0.117. The van der Waals surface area contributed by atoms with E-state index in [4.69, 9.17) is 4.74 Å². The van der Waals surface area contributed by atoms with Crippen LogP contribution in [0.25, 0.3) is 0 Å². The number of benzene rings is 2. The first-order chi connectivity index (χ1) is 16.7. The smallest absolute Gasteiger partial charge is 0.246 e. The predicted octanol–water partition coefficient (Wildman–Crippen LogP) is 2.04. The van der Waals surface area contributed by atoms with E-state index in [0.717, 1.165) is 0 Å². The summed E-state index contributed by atoms with van der Waals surface area (Å²) in [5, 5.41) is 9.38. The zero-order valence-corrected chi connectivity index (χ0v) is 20.0. The van der Waals surface area contributed by atoms with E-state index in [1.807, 2.05) is 0 Å². The maximum absolute atomic E-state index is 12.3. The van der Waals surface area contributed by atoms with Gasteiger partial charge in [0.2, 0.25) is 21.8 Å². The Labute approximate surface area is 202 Å². The highest BCUT2D eigenvalue weighted by Crippen LogP contribution is 2.15. The fraction of sp³-hybridized carbons (Fsp3) is 0.217. The third-order valence-electron chi connectivity index (χ3n) is 4.81. The summed E-state index contributed by atoms with van der Waals surface area (Å²) in [4.78, 5) is 35.7. The molecule has 35 heavy (non-hydrogen) atoms. The summed E-state index contributed by atoms with van der Waals surface area (Å²) < 4.78 is 33.5. The molecule has 2 amide bonds. The van der Waals surface area contributed by atoms with Gasteiger partial charge in [-0.2, -0.15) is 5.10 Å². The zero-order valence-electron chi connectivity index (χ0n) is 19.1. The number of ketones is 1. The number of ether oxygens (including phenoxy) is 1. The van der Waals surface area contributed by atoms with Crippen molar-refractivity contribution in [1.29, 1.82) is 0 Å². The average molecular weight is 500 g/mol. The van der Waals surface area contributed by atoms with Crippen LogP contribution in [0.4, 0.5) is 11.4 Å². The molecule has 0 aliphatic carbocycles. The van der Waals surface area contributed by atoms with Crippen LogP contribution in [0, 0.1) is 0 Å². The number of anilines is 2. The van der Waals surface area contributed by atoms with E-state index in [2.05, 4.69) is 20.5 Å². The number of Topliss-reactive ketones (excluding diaryl/α,β-unsaturated/α-hetero) is 1. The third-order valence-corrected chi connectivity index (χ3v) is 6.29. The van der Waals surface area contributed by atoms with Crippen molar-refractivity contribution >= 4 is 39.0 Å². The van der Waals surface area contributed by atoms with E-state index in [1.165, 1.54) is 48.3 Å². The van der Waals surface area contributed by atoms with E-state index in [9.17, 15) is 22.8 Å². The Balaban J connectivity index is 1.44. The van der Waals surface area contributed by atoms with E-state index < -0.39 is 15.9 Å². The number of carbonyl (C=O) groups is 3. The standard InChI is InChI=1S/C23H25N5O6S/c1-16(29)17-3-9-21(10-4-17)35(32,33)25-12-11-22(30)27-19-13-24-28(14-19)15-23(31)26-18-5-7-20(34-2)8-6-18/h3-10,13-14,25H,11-12,15H2,1-2H3,(H,26,31)(H,27,30).